The number of rotatable bonds is 1. The van der Waals surface area contributed by atoms with E-state index >= 15 is 0 Å². The van der Waals surface area contributed by atoms with E-state index in [0.717, 1.165) is 0 Å². The maximum absolute atomic E-state index is 8.83. The Kier molecular flexibility index (Phi) is 55.3. The van der Waals surface area contributed by atoms with Gasteiger partial charge in [0.1, 0.15) is 0 Å². The van der Waals surface area contributed by atoms with Gasteiger partial charge in [0.25, 0.3) is 0 Å². The number of carbonyl (C=O) groups excluding carboxylic acids is 1. The first kappa shape index (κ1) is 15.7. The summed E-state index contributed by atoms with van der Waals surface area (Å²) in [5.74, 6) is 0. The molecular formula is C3H4N2O2Y-2. The van der Waals surface area contributed by atoms with Gasteiger partial charge in [-0.25, -0.2) is 0 Å². The Labute approximate surface area is 72.7 Å². The second-order valence-corrected chi connectivity index (χ2v) is 0.403. The van der Waals surface area contributed by atoms with Crippen molar-refractivity contribution in [1.29, 1.82) is 0 Å². The molecule has 0 spiro atoms. The number of ether oxygens (including phenoxy) is 1. The summed E-state index contributed by atoms with van der Waals surface area (Å²) in [5, 5.41) is 0. The molecule has 0 unspecified atom stereocenters. The molecule has 0 N–H and O–H groups in total. The van der Waals surface area contributed by atoms with Crippen LogP contribution in [0.4, 0.5) is 0 Å². The summed E-state index contributed by atoms with van der Waals surface area (Å²) in [5.41, 5.74) is 6.97. The van der Waals surface area contributed by atoms with Gasteiger partial charge in [-0.1, -0.05) is 13.2 Å². The van der Waals surface area contributed by atoms with Crippen molar-refractivity contribution in [2.24, 2.45) is 0 Å². The molecule has 0 heterocycles. The summed E-state index contributed by atoms with van der Waals surface area (Å²) < 4.78 is 3.74. The zero-order valence-corrected chi connectivity index (χ0v) is 7.20. The molecule has 0 aliphatic heterocycles. The van der Waals surface area contributed by atoms with E-state index in [1.54, 1.807) is 0 Å². The number of methoxy groups -OCH3 is 1. The second-order valence-electron chi connectivity index (χ2n) is 0.403. The Morgan fingerprint density at radius 2 is 2.00 bits per heavy atom. The van der Waals surface area contributed by atoms with E-state index in [0.29, 0.717) is 0 Å². The fourth-order valence-corrected chi connectivity index (χ4v) is 0. The van der Waals surface area contributed by atoms with Crippen LogP contribution in [0, 0.1) is 0 Å². The molecule has 0 atom stereocenters. The molecule has 8 heavy (non-hydrogen) atoms. The van der Waals surface area contributed by atoms with Gasteiger partial charge in [0, 0.05) is 39.8 Å². The third kappa shape index (κ3) is 161. The smallest absolute Gasteiger partial charge is 0.0362 e. The third-order valence-electron chi connectivity index (χ3n) is 0.0833. The number of nitrogens with zero attached hydrogens (tertiary/aromatic N) is 2. The quantitative estimate of drug-likeness (QED) is 0.241. The molecule has 43 valence electrons. The molecule has 0 aliphatic carbocycles. The van der Waals surface area contributed by atoms with Crippen molar-refractivity contribution >= 4 is 13.2 Å². The van der Waals surface area contributed by atoms with E-state index < -0.39 is 0 Å². The van der Waals surface area contributed by atoms with Crippen molar-refractivity contribution in [2.45, 2.75) is 0 Å². The summed E-state index contributed by atoms with van der Waals surface area (Å²) in [7, 11) is 1.26. The van der Waals surface area contributed by atoms with Gasteiger partial charge < -0.3 is 19.9 Å². The van der Waals surface area contributed by atoms with E-state index in [9.17, 15) is 0 Å². The number of hydrogen-bond acceptors (Lipinski definition) is 2. The van der Waals surface area contributed by atoms with Crippen LogP contribution in [-0.4, -0.2) is 25.1 Å². The van der Waals surface area contributed by atoms with Gasteiger partial charge in [0.05, 0.1) is 0 Å². The molecule has 0 saturated heterocycles. The van der Waals surface area contributed by atoms with Gasteiger partial charge in [0.15, 0.2) is 0 Å². The molecule has 5 heteroatoms. The van der Waals surface area contributed by atoms with Crippen LogP contribution in [0.15, 0.2) is 0 Å². The van der Waals surface area contributed by atoms with Gasteiger partial charge in [-0.05, 0) is 0 Å². The van der Waals surface area contributed by atoms with Crippen molar-refractivity contribution in [3.8, 4) is 0 Å². The van der Waals surface area contributed by atoms with Crippen molar-refractivity contribution in [3.05, 3.63) is 5.53 Å². The van der Waals surface area contributed by atoms with E-state index in [2.05, 4.69) is 11.5 Å². The minimum absolute atomic E-state index is 0. The molecule has 4 nitrogen and oxygen atoms in total. The van der Waals surface area contributed by atoms with E-state index in [4.69, 9.17) is 10.3 Å². The van der Waals surface area contributed by atoms with Crippen LogP contribution in [-0.2, 0) is 42.2 Å². The Morgan fingerprint density at radius 1 is 1.88 bits per heavy atom. The van der Waals surface area contributed by atoms with Crippen molar-refractivity contribution in [3.63, 3.8) is 0 Å². The standard InChI is InChI=1S/C2H3O2.CHN2.Y/c1-4-2-3;1-3-2;/h1H3;1H;/q2*-1;. The molecule has 0 saturated carbocycles. The Balaban J connectivity index is -0.0000000575. The van der Waals surface area contributed by atoms with Crippen LogP contribution in [0.5, 0.6) is 0 Å². The zero-order valence-electron chi connectivity index (χ0n) is 4.37. The summed E-state index contributed by atoms with van der Waals surface area (Å²) >= 11 is 0. The van der Waals surface area contributed by atoms with E-state index in [1.807, 2.05) is 4.79 Å². The normalized spacial score (nSPS) is 3.62. The van der Waals surface area contributed by atoms with E-state index in [1.165, 1.54) is 13.6 Å². The average molecular weight is 189 g/mol. The van der Waals surface area contributed by atoms with Crippen LogP contribution in [0.2, 0.25) is 0 Å². The molecule has 0 aromatic heterocycles. The van der Waals surface area contributed by atoms with Crippen LogP contribution < -0.4 is 0 Å². The molecule has 0 fully saturated rings. The first-order valence-corrected chi connectivity index (χ1v) is 1.27. The molecule has 0 aromatic rings. The average Bonchev–Trinajstić information content (AvgIpc) is 1.69. The predicted molar refractivity (Wildman–Crippen MR) is 22.4 cm³/mol. The van der Waals surface area contributed by atoms with E-state index in [-0.39, 0.29) is 32.7 Å². The molecular weight excluding hydrogens is 185 g/mol. The molecule has 0 aromatic carbocycles. The molecule has 0 rings (SSSR count). The van der Waals surface area contributed by atoms with Crippen molar-refractivity contribution < 1.29 is 47.0 Å². The monoisotopic (exact) mass is 189 g/mol. The van der Waals surface area contributed by atoms with Gasteiger partial charge in [-0.3, -0.25) is 0 Å². The fourth-order valence-electron chi connectivity index (χ4n) is 0. The SMILES string of the molecule is CO[C-]=O.[CH-]=[N+]=[N-].[Y]. The molecule has 1 radical (unpaired) electrons. The maximum atomic E-state index is 8.83. The Hall–Kier alpha value is -0.0461. The Morgan fingerprint density at radius 3 is 2.00 bits per heavy atom. The Bertz CT molecular complexity index is 69.7. The predicted octanol–water partition coefficient (Wildman–Crippen LogP) is -0.509. The van der Waals surface area contributed by atoms with Gasteiger partial charge in [-0.15, -0.1) is 0 Å². The largest absolute Gasteiger partial charge is 0.655 e. The van der Waals surface area contributed by atoms with Crippen LogP contribution in [0.1, 0.15) is 0 Å². The molecule has 0 amide bonds. The summed E-state index contributed by atoms with van der Waals surface area (Å²) in [6, 6.07) is 0. The minimum Gasteiger partial charge on any atom is -0.655 e. The van der Waals surface area contributed by atoms with Gasteiger partial charge >= 0.3 is 0 Å². The molecule has 0 aliphatic rings. The van der Waals surface area contributed by atoms with Gasteiger partial charge in [0.2, 0.25) is 0 Å². The van der Waals surface area contributed by atoms with Crippen molar-refractivity contribution in [2.75, 3.05) is 7.11 Å². The maximum Gasteiger partial charge on any atom is 0.0362 e. The van der Waals surface area contributed by atoms with Gasteiger partial charge in [-0.2, -0.15) is 0 Å². The van der Waals surface area contributed by atoms with Crippen molar-refractivity contribution in [1.82, 2.24) is 0 Å². The number of hydrogen-bond donors (Lipinski definition) is 0. The summed E-state index contributed by atoms with van der Waals surface area (Å²) in [6.45, 7) is 5.21. The van der Waals surface area contributed by atoms with Crippen LogP contribution in [0.25, 0.3) is 5.53 Å². The topological polar surface area (TPSA) is 62.7 Å². The summed E-state index contributed by atoms with van der Waals surface area (Å²) in [4.78, 5) is 10.8. The first-order chi connectivity index (χ1) is 3.33. The third-order valence-corrected chi connectivity index (χ3v) is 0.0833. The van der Waals surface area contributed by atoms with Crippen LogP contribution in [0.3, 0.4) is 0 Å². The fraction of sp³-hybridized carbons (Fsp3) is 0.333. The summed E-state index contributed by atoms with van der Waals surface area (Å²) in [6.07, 6.45) is 0. The molecule has 0 bridgehead atoms. The first-order valence-electron chi connectivity index (χ1n) is 1.27. The second kappa shape index (κ2) is 28.3. The zero-order chi connectivity index (χ0) is 6.12. The minimum atomic E-state index is 0. The van der Waals surface area contributed by atoms with Crippen LogP contribution >= 0.6 is 0 Å².